The van der Waals surface area contributed by atoms with Gasteiger partial charge in [-0.05, 0) is 37.3 Å². The van der Waals surface area contributed by atoms with Crippen LogP contribution in [0.25, 0.3) is 0 Å². The van der Waals surface area contributed by atoms with E-state index in [1.54, 1.807) is 31.2 Å². The number of benzene rings is 1. The van der Waals surface area contributed by atoms with E-state index in [0.29, 0.717) is 24.8 Å². The Morgan fingerprint density at radius 2 is 1.86 bits per heavy atom. The summed E-state index contributed by atoms with van der Waals surface area (Å²) in [5.41, 5.74) is 0.0993. The van der Waals surface area contributed by atoms with E-state index in [1.165, 1.54) is 0 Å². The van der Waals surface area contributed by atoms with Crippen molar-refractivity contribution >= 4 is 17.7 Å². The third-order valence-electron chi connectivity index (χ3n) is 4.31. The average Bonchev–Trinajstić information content (AvgIpc) is 2.81. The molecule has 0 heterocycles. The van der Waals surface area contributed by atoms with Crippen molar-refractivity contribution in [2.45, 2.75) is 38.5 Å². The molecular weight excluding hydrogens is 272 g/mol. The van der Waals surface area contributed by atoms with Crippen molar-refractivity contribution in [2.75, 3.05) is 0 Å². The minimum absolute atomic E-state index is 0.170. The molecule has 1 fully saturated rings. The molecule has 0 bridgehead atoms. The summed E-state index contributed by atoms with van der Waals surface area (Å²) in [4.78, 5) is 34.4. The number of Topliss-reactive ketones (excluding diaryl/α,β-unsaturated/α-hetero) is 1. The smallest absolute Gasteiger partial charge is 0.317 e. The van der Waals surface area contributed by atoms with Crippen molar-refractivity contribution in [2.24, 2.45) is 5.41 Å². The van der Waals surface area contributed by atoms with Crippen LogP contribution < -0.4 is 0 Å². The Morgan fingerprint density at radius 3 is 2.29 bits per heavy atom. The summed E-state index contributed by atoms with van der Waals surface area (Å²) >= 11 is 0. The fraction of sp³-hybridized carbons (Fsp3) is 0.438. The summed E-state index contributed by atoms with van der Waals surface area (Å²) in [6, 6.07) is 6.79. The van der Waals surface area contributed by atoms with Gasteiger partial charge in [-0.2, -0.15) is 0 Å². The second-order valence-electron chi connectivity index (χ2n) is 5.64. The van der Waals surface area contributed by atoms with E-state index in [9.17, 15) is 19.5 Å². The van der Waals surface area contributed by atoms with Gasteiger partial charge in [-0.3, -0.25) is 14.4 Å². The van der Waals surface area contributed by atoms with E-state index in [0.717, 1.165) is 5.56 Å². The summed E-state index contributed by atoms with van der Waals surface area (Å²) in [6.45, 7) is 1.59. The predicted octanol–water partition coefficient (Wildman–Crippen LogP) is 2.24. The highest BCUT2D eigenvalue weighted by Gasteiger charge is 2.48. The summed E-state index contributed by atoms with van der Waals surface area (Å²) in [5.74, 6) is -2.79. The lowest BCUT2D eigenvalue weighted by Crippen LogP contribution is -2.37. The molecule has 0 radical (unpaired) electrons. The minimum atomic E-state index is -1.31. The van der Waals surface area contributed by atoms with Gasteiger partial charge >= 0.3 is 11.9 Å². The largest absolute Gasteiger partial charge is 0.481 e. The molecule has 2 rings (SSSR count). The van der Waals surface area contributed by atoms with Crippen molar-refractivity contribution in [3.63, 3.8) is 0 Å². The molecule has 112 valence electrons. The van der Waals surface area contributed by atoms with Crippen molar-refractivity contribution in [3.05, 3.63) is 35.4 Å². The molecule has 5 heteroatoms. The molecule has 2 atom stereocenters. The van der Waals surface area contributed by atoms with Gasteiger partial charge in [-0.1, -0.05) is 24.3 Å². The maximum absolute atomic E-state index is 11.9. The molecular formula is C16H18O5. The maximum Gasteiger partial charge on any atom is 0.317 e. The number of hydrogen-bond donors (Lipinski definition) is 2. The van der Waals surface area contributed by atoms with Gasteiger partial charge in [0.25, 0.3) is 0 Å². The number of carboxylic acids is 2. The Balaban J connectivity index is 2.21. The minimum Gasteiger partial charge on any atom is -0.481 e. The van der Waals surface area contributed by atoms with Crippen molar-refractivity contribution in [3.8, 4) is 0 Å². The molecule has 0 amide bonds. The molecule has 1 aromatic carbocycles. The summed E-state index contributed by atoms with van der Waals surface area (Å²) < 4.78 is 0. The monoisotopic (exact) mass is 290 g/mol. The normalized spacial score (nSPS) is 23.0. The van der Waals surface area contributed by atoms with Gasteiger partial charge in [0, 0.05) is 6.42 Å². The number of hydrogen-bond acceptors (Lipinski definition) is 3. The standard InChI is InChI=1S/C16H18O5/c1-10(14(18)19)12-6-4-11(5-7-12)9-16(15(20)21)8-2-3-13(16)17/h4-7,10H,2-3,8-9H2,1H3,(H,18,19)(H,20,21). The number of carbonyl (C=O) groups excluding carboxylic acids is 1. The van der Waals surface area contributed by atoms with E-state index < -0.39 is 23.3 Å². The Labute approximate surface area is 122 Å². The lowest BCUT2D eigenvalue weighted by Gasteiger charge is -2.22. The predicted molar refractivity (Wildman–Crippen MR) is 75.1 cm³/mol. The van der Waals surface area contributed by atoms with E-state index in [2.05, 4.69) is 0 Å². The van der Waals surface area contributed by atoms with Crippen molar-refractivity contribution < 1.29 is 24.6 Å². The van der Waals surface area contributed by atoms with Crippen LogP contribution in [0.3, 0.4) is 0 Å². The van der Waals surface area contributed by atoms with Gasteiger partial charge in [0.1, 0.15) is 5.41 Å². The highest BCUT2D eigenvalue weighted by Crippen LogP contribution is 2.38. The zero-order chi connectivity index (χ0) is 15.6. The first kappa shape index (κ1) is 15.2. The van der Waals surface area contributed by atoms with Crippen LogP contribution in [0.5, 0.6) is 0 Å². The van der Waals surface area contributed by atoms with Crippen molar-refractivity contribution in [1.29, 1.82) is 0 Å². The molecule has 0 aromatic heterocycles. The number of carbonyl (C=O) groups is 3. The lowest BCUT2D eigenvalue weighted by atomic mass is 9.79. The number of carboxylic acid groups (broad SMARTS) is 2. The molecule has 1 aliphatic carbocycles. The van der Waals surface area contributed by atoms with Crippen LogP contribution in [0.2, 0.25) is 0 Å². The van der Waals surface area contributed by atoms with E-state index in [1.807, 2.05) is 0 Å². The van der Waals surface area contributed by atoms with E-state index in [-0.39, 0.29) is 12.2 Å². The lowest BCUT2D eigenvalue weighted by molar-refractivity contribution is -0.153. The molecule has 0 spiro atoms. The van der Waals surface area contributed by atoms with E-state index in [4.69, 9.17) is 5.11 Å². The molecule has 1 aliphatic rings. The molecule has 1 aromatic rings. The summed E-state index contributed by atoms with van der Waals surface area (Å²) in [5, 5.41) is 18.4. The quantitative estimate of drug-likeness (QED) is 0.811. The van der Waals surface area contributed by atoms with Gasteiger partial charge < -0.3 is 10.2 Å². The fourth-order valence-electron chi connectivity index (χ4n) is 2.83. The number of aliphatic carboxylic acids is 2. The van der Waals surface area contributed by atoms with Crippen LogP contribution in [0.15, 0.2) is 24.3 Å². The Morgan fingerprint density at radius 1 is 1.24 bits per heavy atom. The van der Waals surface area contributed by atoms with Crippen LogP contribution in [-0.2, 0) is 20.8 Å². The van der Waals surface area contributed by atoms with E-state index >= 15 is 0 Å². The molecule has 0 saturated heterocycles. The first-order valence-corrected chi connectivity index (χ1v) is 6.95. The number of ketones is 1. The fourth-order valence-corrected chi connectivity index (χ4v) is 2.83. The SMILES string of the molecule is CC(C(=O)O)c1ccc(CC2(C(=O)O)CCCC2=O)cc1. The third-order valence-corrected chi connectivity index (χ3v) is 4.31. The molecule has 1 saturated carbocycles. The van der Waals surface area contributed by atoms with Gasteiger partial charge in [-0.25, -0.2) is 0 Å². The highest BCUT2D eigenvalue weighted by molar-refractivity contribution is 6.04. The second kappa shape index (κ2) is 5.68. The van der Waals surface area contributed by atoms with Crippen LogP contribution in [-0.4, -0.2) is 27.9 Å². The van der Waals surface area contributed by atoms with Crippen LogP contribution in [0.1, 0.15) is 43.2 Å². The second-order valence-corrected chi connectivity index (χ2v) is 5.64. The topological polar surface area (TPSA) is 91.7 Å². The maximum atomic E-state index is 11.9. The van der Waals surface area contributed by atoms with Gasteiger partial charge in [0.2, 0.25) is 0 Å². The molecule has 2 N–H and O–H groups in total. The average molecular weight is 290 g/mol. The van der Waals surface area contributed by atoms with Crippen molar-refractivity contribution in [1.82, 2.24) is 0 Å². The molecule has 5 nitrogen and oxygen atoms in total. The zero-order valence-electron chi connectivity index (χ0n) is 11.8. The van der Waals surface area contributed by atoms with Gasteiger partial charge in [0.05, 0.1) is 5.92 Å². The van der Waals surface area contributed by atoms with Gasteiger partial charge in [-0.15, -0.1) is 0 Å². The first-order valence-electron chi connectivity index (χ1n) is 6.95. The van der Waals surface area contributed by atoms with Crippen LogP contribution in [0, 0.1) is 5.41 Å². The Hall–Kier alpha value is -2.17. The molecule has 21 heavy (non-hydrogen) atoms. The van der Waals surface area contributed by atoms with Gasteiger partial charge in [0.15, 0.2) is 5.78 Å². The van der Waals surface area contributed by atoms with Crippen LogP contribution in [0.4, 0.5) is 0 Å². The summed E-state index contributed by atoms with van der Waals surface area (Å²) in [6.07, 6.45) is 1.47. The molecule has 2 unspecified atom stereocenters. The zero-order valence-corrected chi connectivity index (χ0v) is 11.8. The Kier molecular flexibility index (Phi) is 4.11. The number of rotatable bonds is 5. The third kappa shape index (κ3) is 2.82. The summed E-state index contributed by atoms with van der Waals surface area (Å²) in [7, 11) is 0. The van der Waals surface area contributed by atoms with Crippen LogP contribution >= 0.6 is 0 Å². The molecule has 0 aliphatic heterocycles. The highest BCUT2D eigenvalue weighted by atomic mass is 16.4. The first-order chi connectivity index (χ1) is 9.86. The Bertz CT molecular complexity index is 575.